The van der Waals surface area contributed by atoms with Crippen LogP contribution in [0.15, 0.2) is 24.3 Å². The monoisotopic (exact) mass is 499 g/mol. The number of carbonyl (C=O) groups excluding carboxylic acids is 1. The number of hydrogen-bond acceptors (Lipinski definition) is 10. The number of ether oxygens (including phenoxy) is 2. The Bertz CT molecular complexity index is 905. The molecule has 0 spiro atoms. The Morgan fingerprint density at radius 1 is 0.972 bits per heavy atom. The van der Waals surface area contributed by atoms with Gasteiger partial charge in [0.05, 0.1) is 19.8 Å². The maximum Gasteiger partial charge on any atom is 0.233 e. The SMILES string of the molecule is CCCCNc1nc(Nc2ccc(CC(=O)CCCOCCOCCN)cc2)nc(N2CCCC2)n1. The van der Waals surface area contributed by atoms with E-state index in [1.807, 2.05) is 24.3 Å². The minimum atomic E-state index is 0.203. The van der Waals surface area contributed by atoms with Crippen molar-refractivity contribution in [3.63, 3.8) is 0 Å². The number of nitrogens with one attached hydrogen (secondary N) is 2. The van der Waals surface area contributed by atoms with Gasteiger partial charge < -0.3 is 30.7 Å². The Kier molecular flexibility index (Phi) is 12.4. The number of carbonyl (C=O) groups is 1. The van der Waals surface area contributed by atoms with E-state index in [-0.39, 0.29) is 5.78 Å². The molecule has 0 saturated carbocycles. The van der Waals surface area contributed by atoms with Crippen molar-refractivity contribution in [2.45, 2.75) is 51.9 Å². The Labute approximate surface area is 214 Å². The number of benzene rings is 1. The van der Waals surface area contributed by atoms with Gasteiger partial charge in [0.1, 0.15) is 5.78 Å². The van der Waals surface area contributed by atoms with E-state index in [1.165, 1.54) is 0 Å². The molecule has 1 fully saturated rings. The number of rotatable bonds is 18. The van der Waals surface area contributed by atoms with Gasteiger partial charge in [-0.25, -0.2) is 0 Å². The van der Waals surface area contributed by atoms with Crippen LogP contribution in [0.25, 0.3) is 0 Å². The summed E-state index contributed by atoms with van der Waals surface area (Å²) in [5.41, 5.74) is 7.22. The van der Waals surface area contributed by atoms with Gasteiger partial charge >= 0.3 is 0 Å². The van der Waals surface area contributed by atoms with E-state index in [4.69, 9.17) is 15.2 Å². The highest BCUT2D eigenvalue weighted by molar-refractivity contribution is 5.81. The standard InChI is InChI=1S/C26H41N7O3/c1-2-3-13-28-24-30-25(32-26(31-24)33-14-4-5-15-33)29-22-10-8-21(9-11-22)20-23(34)7-6-16-35-18-19-36-17-12-27/h8-11H,2-7,12-20,27H2,1H3,(H2,28,29,30,31,32). The predicted octanol–water partition coefficient (Wildman–Crippen LogP) is 3.31. The molecule has 0 atom stereocenters. The summed E-state index contributed by atoms with van der Waals surface area (Å²) in [5.74, 6) is 2.02. The van der Waals surface area contributed by atoms with Gasteiger partial charge in [-0.15, -0.1) is 0 Å². The first kappa shape index (κ1) is 27.8. The molecule has 0 aliphatic carbocycles. The third-order valence-corrected chi connectivity index (χ3v) is 5.82. The first-order valence-electron chi connectivity index (χ1n) is 13.2. The summed E-state index contributed by atoms with van der Waals surface area (Å²) in [6.07, 6.45) is 6.11. The number of nitrogens with two attached hydrogens (primary N) is 1. The van der Waals surface area contributed by atoms with Gasteiger partial charge in [0.15, 0.2) is 0 Å². The average molecular weight is 500 g/mol. The molecule has 0 amide bonds. The minimum Gasteiger partial charge on any atom is -0.379 e. The van der Waals surface area contributed by atoms with Crippen LogP contribution in [-0.2, 0) is 20.7 Å². The van der Waals surface area contributed by atoms with E-state index < -0.39 is 0 Å². The van der Waals surface area contributed by atoms with Gasteiger partial charge in [-0.1, -0.05) is 25.5 Å². The molecule has 10 heteroatoms. The van der Waals surface area contributed by atoms with Crippen LogP contribution in [0, 0.1) is 0 Å². The van der Waals surface area contributed by atoms with Crippen LogP contribution in [0.1, 0.15) is 51.0 Å². The van der Waals surface area contributed by atoms with Crippen LogP contribution < -0.4 is 21.3 Å². The zero-order valence-corrected chi connectivity index (χ0v) is 21.5. The Morgan fingerprint density at radius 2 is 1.69 bits per heavy atom. The summed E-state index contributed by atoms with van der Waals surface area (Å²) >= 11 is 0. The summed E-state index contributed by atoms with van der Waals surface area (Å²) in [6.45, 7) is 7.60. The lowest BCUT2D eigenvalue weighted by molar-refractivity contribution is -0.118. The van der Waals surface area contributed by atoms with E-state index >= 15 is 0 Å². The van der Waals surface area contributed by atoms with E-state index in [0.717, 1.165) is 56.6 Å². The molecule has 4 N–H and O–H groups in total. The van der Waals surface area contributed by atoms with Gasteiger partial charge in [-0.3, -0.25) is 4.79 Å². The fourth-order valence-electron chi connectivity index (χ4n) is 3.86. The zero-order valence-electron chi connectivity index (χ0n) is 21.5. The lowest BCUT2D eigenvalue weighted by atomic mass is 10.1. The molecule has 1 aromatic carbocycles. The molecule has 198 valence electrons. The van der Waals surface area contributed by atoms with Crippen molar-refractivity contribution in [3.8, 4) is 0 Å². The maximum atomic E-state index is 12.3. The second-order valence-corrected chi connectivity index (χ2v) is 8.91. The van der Waals surface area contributed by atoms with Crippen molar-refractivity contribution in [3.05, 3.63) is 29.8 Å². The molecule has 1 aromatic heterocycles. The first-order valence-corrected chi connectivity index (χ1v) is 13.2. The van der Waals surface area contributed by atoms with Crippen LogP contribution in [0.5, 0.6) is 0 Å². The summed E-state index contributed by atoms with van der Waals surface area (Å²) < 4.78 is 10.7. The molecule has 0 unspecified atom stereocenters. The van der Waals surface area contributed by atoms with Crippen molar-refractivity contribution >= 4 is 29.3 Å². The predicted molar refractivity (Wildman–Crippen MR) is 143 cm³/mol. The highest BCUT2D eigenvalue weighted by atomic mass is 16.5. The van der Waals surface area contributed by atoms with Crippen LogP contribution in [-0.4, -0.2) is 73.3 Å². The average Bonchev–Trinajstić information content (AvgIpc) is 3.42. The molecule has 2 heterocycles. The van der Waals surface area contributed by atoms with Crippen molar-refractivity contribution < 1.29 is 14.3 Å². The number of Topliss-reactive ketones (excluding diaryl/α,β-unsaturated/α-hetero) is 1. The quantitative estimate of drug-likeness (QED) is 0.263. The van der Waals surface area contributed by atoms with Crippen molar-refractivity contribution in [2.24, 2.45) is 5.73 Å². The van der Waals surface area contributed by atoms with Crippen molar-refractivity contribution in [1.29, 1.82) is 0 Å². The minimum absolute atomic E-state index is 0.203. The molecular weight excluding hydrogens is 458 g/mol. The van der Waals surface area contributed by atoms with E-state index in [2.05, 4.69) is 37.4 Å². The normalized spacial score (nSPS) is 13.2. The summed E-state index contributed by atoms with van der Waals surface area (Å²) in [7, 11) is 0. The summed E-state index contributed by atoms with van der Waals surface area (Å²) in [5, 5.41) is 6.61. The third kappa shape index (κ3) is 10.0. The topological polar surface area (TPSA) is 128 Å². The molecule has 1 saturated heterocycles. The van der Waals surface area contributed by atoms with Gasteiger partial charge in [0.25, 0.3) is 0 Å². The Morgan fingerprint density at radius 3 is 2.42 bits per heavy atom. The highest BCUT2D eigenvalue weighted by Crippen LogP contribution is 2.21. The molecular formula is C26H41N7O3. The van der Waals surface area contributed by atoms with Gasteiger partial charge in [-0.05, 0) is 43.4 Å². The highest BCUT2D eigenvalue weighted by Gasteiger charge is 2.17. The number of ketones is 1. The molecule has 3 rings (SSSR count). The van der Waals surface area contributed by atoms with Gasteiger partial charge in [0, 0.05) is 51.3 Å². The zero-order chi connectivity index (χ0) is 25.4. The number of aromatic nitrogens is 3. The molecule has 0 bridgehead atoms. The lowest BCUT2D eigenvalue weighted by Crippen LogP contribution is -2.22. The number of hydrogen-bond donors (Lipinski definition) is 3. The van der Waals surface area contributed by atoms with Gasteiger partial charge in [-0.2, -0.15) is 15.0 Å². The fourth-order valence-corrected chi connectivity index (χ4v) is 3.86. The van der Waals surface area contributed by atoms with Crippen LogP contribution in [0.2, 0.25) is 0 Å². The molecule has 36 heavy (non-hydrogen) atoms. The summed E-state index contributed by atoms with van der Waals surface area (Å²) in [4.78, 5) is 28.4. The van der Waals surface area contributed by atoms with Crippen LogP contribution >= 0.6 is 0 Å². The molecule has 10 nitrogen and oxygen atoms in total. The lowest BCUT2D eigenvalue weighted by Gasteiger charge is -2.17. The van der Waals surface area contributed by atoms with Crippen LogP contribution in [0.4, 0.5) is 23.5 Å². The third-order valence-electron chi connectivity index (χ3n) is 5.82. The molecule has 0 radical (unpaired) electrons. The smallest absolute Gasteiger partial charge is 0.233 e. The molecule has 1 aliphatic heterocycles. The molecule has 2 aromatic rings. The number of unbranched alkanes of at least 4 members (excludes halogenated alkanes) is 1. The van der Waals surface area contributed by atoms with E-state index in [9.17, 15) is 4.79 Å². The number of anilines is 4. The second-order valence-electron chi connectivity index (χ2n) is 8.91. The van der Waals surface area contributed by atoms with Gasteiger partial charge in [0.2, 0.25) is 17.8 Å². The first-order chi connectivity index (χ1) is 17.7. The van der Waals surface area contributed by atoms with Crippen molar-refractivity contribution in [1.82, 2.24) is 15.0 Å². The van der Waals surface area contributed by atoms with E-state index in [1.54, 1.807) is 0 Å². The van der Waals surface area contributed by atoms with Crippen molar-refractivity contribution in [2.75, 3.05) is 68.1 Å². The largest absolute Gasteiger partial charge is 0.379 e. The second kappa shape index (κ2) is 16.0. The van der Waals surface area contributed by atoms with Crippen LogP contribution in [0.3, 0.4) is 0 Å². The van der Waals surface area contributed by atoms with E-state index in [0.29, 0.717) is 70.1 Å². The fraction of sp³-hybridized carbons (Fsp3) is 0.615. The Balaban J connectivity index is 1.47. The summed E-state index contributed by atoms with van der Waals surface area (Å²) in [6, 6.07) is 7.84. The Hall–Kier alpha value is -2.82. The maximum absolute atomic E-state index is 12.3. The number of nitrogens with zero attached hydrogens (tertiary/aromatic N) is 4. The molecule has 1 aliphatic rings.